The van der Waals surface area contributed by atoms with Gasteiger partial charge in [-0.05, 0) is 6.92 Å². The van der Waals surface area contributed by atoms with E-state index in [1.54, 1.807) is 30.3 Å². The fourth-order valence-electron chi connectivity index (χ4n) is 0.843. The van der Waals surface area contributed by atoms with E-state index in [0.29, 0.717) is 0 Å². The van der Waals surface area contributed by atoms with Crippen molar-refractivity contribution in [3.8, 4) is 0 Å². The zero-order valence-electron chi connectivity index (χ0n) is 6.61. The van der Waals surface area contributed by atoms with E-state index in [1.807, 2.05) is 6.92 Å². The normalized spacial score (nSPS) is 12.5. The summed E-state index contributed by atoms with van der Waals surface area (Å²) < 4.78 is 1.75. The van der Waals surface area contributed by atoms with Gasteiger partial charge in [0, 0.05) is 19.4 Å². The van der Waals surface area contributed by atoms with Crippen molar-refractivity contribution < 1.29 is 4.79 Å². The van der Waals surface area contributed by atoms with Crippen molar-refractivity contribution >= 4 is 5.91 Å². The molecule has 0 spiro atoms. The van der Waals surface area contributed by atoms with Crippen LogP contribution in [-0.2, 0) is 4.79 Å². The van der Waals surface area contributed by atoms with Crippen LogP contribution in [0, 0.1) is 0 Å². The summed E-state index contributed by atoms with van der Waals surface area (Å²) in [6.45, 7) is 1.82. The van der Waals surface area contributed by atoms with Crippen molar-refractivity contribution in [3.63, 3.8) is 0 Å². The molecule has 1 unspecified atom stereocenters. The molecule has 1 rings (SSSR count). The Labute approximate surface area is 65.2 Å². The molecular weight excluding hydrogens is 142 g/mol. The first-order valence-corrected chi connectivity index (χ1v) is 3.44. The quantitative estimate of drug-likeness (QED) is 0.659. The highest BCUT2D eigenvalue weighted by atomic mass is 16.2. The molecule has 0 saturated heterocycles. The number of hydrogen-bond donors (Lipinski definition) is 1. The largest absolute Gasteiger partial charge is 0.357 e. The van der Waals surface area contributed by atoms with Gasteiger partial charge >= 0.3 is 0 Å². The van der Waals surface area contributed by atoms with Gasteiger partial charge in [0.1, 0.15) is 6.04 Å². The lowest BCUT2D eigenvalue weighted by Gasteiger charge is -2.09. The minimum Gasteiger partial charge on any atom is -0.357 e. The Bertz CT molecular complexity index is 230. The van der Waals surface area contributed by atoms with Gasteiger partial charge in [-0.15, -0.1) is 0 Å². The second-order valence-corrected chi connectivity index (χ2v) is 2.30. The first-order valence-electron chi connectivity index (χ1n) is 3.44. The van der Waals surface area contributed by atoms with Crippen molar-refractivity contribution in [2.75, 3.05) is 7.05 Å². The molecule has 11 heavy (non-hydrogen) atoms. The molecule has 0 aliphatic heterocycles. The standard InChI is InChI=1S/C7H11N3O/c1-6(7(11)8-2)10-4-3-9-5-10/h3-6H,1-2H3,(H,8,11). The maximum absolute atomic E-state index is 11.1. The van der Waals surface area contributed by atoms with E-state index in [-0.39, 0.29) is 11.9 Å². The van der Waals surface area contributed by atoms with E-state index in [4.69, 9.17) is 0 Å². The van der Waals surface area contributed by atoms with Gasteiger partial charge in [0.15, 0.2) is 0 Å². The van der Waals surface area contributed by atoms with Crippen LogP contribution in [0.1, 0.15) is 13.0 Å². The van der Waals surface area contributed by atoms with Gasteiger partial charge < -0.3 is 9.88 Å². The number of carbonyl (C=O) groups excluding carboxylic acids is 1. The van der Waals surface area contributed by atoms with Crippen LogP contribution in [0.15, 0.2) is 18.7 Å². The monoisotopic (exact) mass is 153 g/mol. The minimum atomic E-state index is -0.178. The highest BCUT2D eigenvalue weighted by Gasteiger charge is 2.10. The fraction of sp³-hybridized carbons (Fsp3) is 0.429. The lowest BCUT2D eigenvalue weighted by molar-refractivity contribution is -0.123. The number of rotatable bonds is 2. The van der Waals surface area contributed by atoms with Crippen LogP contribution in [0.2, 0.25) is 0 Å². The van der Waals surface area contributed by atoms with Crippen LogP contribution < -0.4 is 5.32 Å². The molecule has 4 nitrogen and oxygen atoms in total. The van der Waals surface area contributed by atoms with Gasteiger partial charge in [0.05, 0.1) is 6.33 Å². The Morgan fingerprint density at radius 2 is 2.45 bits per heavy atom. The van der Waals surface area contributed by atoms with Crippen LogP contribution in [0.25, 0.3) is 0 Å². The van der Waals surface area contributed by atoms with E-state index in [9.17, 15) is 4.79 Å². The number of nitrogens with one attached hydrogen (secondary N) is 1. The van der Waals surface area contributed by atoms with Crippen molar-refractivity contribution in [2.24, 2.45) is 0 Å². The van der Waals surface area contributed by atoms with Gasteiger partial charge in [-0.3, -0.25) is 4.79 Å². The molecule has 0 aliphatic carbocycles. The molecular formula is C7H11N3O. The van der Waals surface area contributed by atoms with Gasteiger partial charge in [-0.1, -0.05) is 0 Å². The third-order valence-electron chi connectivity index (χ3n) is 1.60. The van der Waals surface area contributed by atoms with Crippen molar-refractivity contribution in [1.82, 2.24) is 14.9 Å². The average Bonchev–Trinajstić information content (AvgIpc) is 2.53. The number of nitrogens with zero attached hydrogens (tertiary/aromatic N) is 2. The molecule has 1 amide bonds. The molecule has 0 aliphatic rings. The minimum absolute atomic E-state index is 0.0111. The van der Waals surface area contributed by atoms with Gasteiger partial charge in [0.2, 0.25) is 5.91 Å². The van der Waals surface area contributed by atoms with Gasteiger partial charge in [-0.2, -0.15) is 0 Å². The molecule has 0 saturated carbocycles. The summed E-state index contributed by atoms with van der Waals surface area (Å²) >= 11 is 0. The number of hydrogen-bond acceptors (Lipinski definition) is 2. The van der Waals surface area contributed by atoms with E-state index in [2.05, 4.69) is 10.3 Å². The molecule has 0 bridgehead atoms. The second-order valence-electron chi connectivity index (χ2n) is 2.30. The molecule has 60 valence electrons. The fourth-order valence-corrected chi connectivity index (χ4v) is 0.843. The molecule has 1 aromatic rings. The maximum Gasteiger partial charge on any atom is 0.242 e. The Balaban J connectivity index is 2.70. The maximum atomic E-state index is 11.1. The molecule has 4 heteroatoms. The number of aromatic nitrogens is 2. The summed E-state index contributed by atoms with van der Waals surface area (Å²) in [7, 11) is 1.62. The Morgan fingerprint density at radius 1 is 1.73 bits per heavy atom. The molecule has 1 atom stereocenters. The Kier molecular flexibility index (Phi) is 2.25. The summed E-state index contributed by atoms with van der Waals surface area (Å²) in [5, 5.41) is 2.57. The molecule has 1 aromatic heterocycles. The number of imidazole rings is 1. The predicted octanol–water partition coefficient (Wildman–Crippen LogP) is 0.190. The van der Waals surface area contributed by atoms with Crippen LogP contribution in [-0.4, -0.2) is 22.5 Å². The molecule has 1 N–H and O–H groups in total. The van der Waals surface area contributed by atoms with Crippen LogP contribution in [0.4, 0.5) is 0 Å². The molecule has 0 radical (unpaired) electrons. The highest BCUT2D eigenvalue weighted by molar-refractivity contribution is 5.79. The molecule has 1 heterocycles. The Morgan fingerprint density at radius 3 is 2.91 bits per heavy atom. The summed E-state index contributed by atoms with van der Waals surface area (Å²) in [4.78, 5) is 14.9. The lowest BCUT2D eigenvalue weighted by atomic mass is 10.3. The first-order chi connectivity index (χ1) is 5.25. The van der Waals surface area contributed by atoms with E-state index in [0.717, 1.165) is 0 Å². The van der Waals surface area contributed by atoms with E-state index < -0.39 is 0 Å². The zero-order valence-corrected chi connectivity index (χ0v) is 6.61. The van der Waals surface area contributed by atoms with Crippen LogP contribution >= 0.6 is 0 Å². The zero-order chi connectivity index (χ0) is 8.27. The highest BCUT2D eigenvalue weighted by Crippen LogP contribution is 2.02. The summed E-state index contributed by atoms with van der Waals surface area (Å²) in [5.41, 5.74) is 0. The first kappa shape index (κ1) is 7.78. The molecule has 0 fully saturated rings. The Hall–Kier alpha value is -1.32. The summed E-state index contributed by atoms with van der Waals surface area (Å²) in [5.74, 6) is -0.0111. The second kappa shape index (κ2) is 3.18. The van der Waals surface area contributed by atoms with Crippen molar-refractivity contribution in [3.05, 3.63) is 18.7 Å². The van der Waals surface area contributed by atoms with E-state index in [1.165, 1.54) is 0 Å². The molecule has 0 aromatic carbocycles. The summed E-state index contributed by atoms with van der Waals surface area (Å²) in [6.07, 6.45) is 5.04. The third-order valence-corrected chi connectivity index (χ3v) is 1.60. The number of amides is 1. The third kappa shape index (κ3) is 1.58. The van der Waals surface area contributed by atoms with Crippen LogP contribution in [0.5, 0.6) is 0 Å². The van der Waals surface area contributed by atoms with Crippen molar-refractivity contribution in [2.45, 2.75) is 13.0 Å². The lowest BCUT2D eigenvalue weighted by Crippen LogP contribution is -2.27. The number of carbonyl (C=O) groups is 1. The van der Waals surface area contributed by atoms with Crippen molar-refractivity contribution in [1.29, 1.82) is 0 Å². The number of likely N-dealkylation sites (N-methyl/N-ethyl adjacent to an activating group) is 1. The van der Waals surface area contributed by atoms with Crippen LogP contribution in [0.3, 0.4) is 0 Å². The van der Waals surface area contributed by atoms with Gasteiger partial charge in [-0.25, -0.2) is 4.98 Å². The smallest absolute Gasteiger partial charge is 0.242 e. The SMILES string of the molecule is CNC(=O)C(C)n1ccnc1. The topological polar surface area (TPSA) is 46.9 Å². The average molecular weight is 153 g/mol. The summed E-state index contributed by atoms with van der Waals surface area (Å²) in [6, 6.07) is -0.178. The van der Waals surface area contributed by atoms with Gasteiger partial charge in [0.25, 0.3) is 0 Å². The van der Waals surface area contributed by atoms with E-state index >= 15 is 0 Å². The predicted molar refractivity (Wildman–Crippen MR) is 41.0 cm³/mol.